The summed E-state index contributed by atoms with van der Waals surface area (Å²) in [5.41, 5.74) is -0.843. The van der Waals surface area contributed by atoms with Gasteiger partial charge in [-0.3, -0.25) is 4.79 Å². The first-order chi connectivity index (χ1) is 8.74. The summed E-state index contributed by atoms with van der Waals surface area (Å²) >= 11 is 5.72. The van der Waals surface area contributed by atoms with Gasteiger partial charge in [-0.25, -0.2) is 4.68 Å². The monoisotopic (exact) mass is 293 g/mol. The third-order valence-electron chi connectivity index (χ3n) is 2.14. The minimum Gasteiger partial charge on any atom is -0.379 e. The summed E-state index contributed by atoms with van der Waals surface area (Å²) in [6, 6.07) is -0.179. The molecule has 0 aliphatic rings. The second-order valence-electron chi connectivity index (χ2n) is 3.90. The Hall–Kier alpha value is -1.68. The zero-order chi connectivity index (χ0) is 14.6. The van der Waals surface area contributed by atoms with Crippen LogP contribution in [0.3, 0.4) is 0 Å². The van der Waals surface area contributed by atoms with Crippen LogP contribution in [-0.4, -0.2) is 22.0 Å². The Morgan fingerprint density at radius 2 is 2.26 bits per heavy atom. The van der Waals surface area contributed by atoms with Crippen molar-refractivity contribution in [2.75, 3.05) is 5.32 Å². The van der Waals surface area contributed by atoms with Crippen molar-refractivity contribution >= 4 is 17.3 Å². The molecular formula is C11H11ClF3N3O. The Balaban J connectivity index is 2.99. The fourth-order valence-electron chi connectivity index (χ4n) is 1.34. The highest BCUT2D eigenvalue weighted by molar-refractivity contribution is 6.32. The number of rotatable bonds is 4. The minimum absolute atomic E-state index is 0.160. The normalized spacial score (nSPS) is 12.8. The fourth-order valence-corrected chi connectivity index (χ4v) is 1.54. The molecule has 1 atom stereocenters. The van der Waals surface area contributed by atoms with E-state index in [0.717, 1.165) is 6.20 Å². The van der Waals surface area contributed by atoms with E-state index in [1.807, 2.05) is 0 Å². The Kier molecular flexibility index (Phi) is 4.84. The van der Waals surface area contributed by atoms with E-state index in [1.54, 1.807) is 6.92 Å². The number of anilines is 1. The van der Waals surface area contributed by atoms with Gasteiger partial charge in [0.05, 0.1) is 11.9 Å². The quantitative estimate of drug-likeness (QED) is 0.867. The molecule has 4 nitrogen and oxygen atoms in total. The van der Waals surface area contributed by atoms with Crippen molar-refractivity contribution < 1.29 is 13.2 Å². The van der Waals surface area contributed by atoms with E-state index in [2.05, 4.69) is 16.3 Å². The summed E-state index contributed by atoms with van der Waals surface area (Å²) in [7, 11) is 0. The highest BCUT2D eigenvalue weighted by atomic mass is 35.5. The first kappa shape index (κ1) is 15.4. The minimum atomic E-state index is -4.54. The highest BCUT2D eigenvalue weighted by Gasteiger charge is 2.29. The summed E-state index contributed by atoms with van der Waals surface area (Å²) in [5, 5.41) is 5.89. The van der Waals surface area contributed by atoms with Crippen LogP contribution < -0.4 is 10.9 Å². The van der Waals surface area contributed by atoms with E-state index in [4.69, 9.17) is 18.0 Å². The molecule has 0 radical (unpaired) electrons. The number of halogens is 4. The van der Waals surface area contributed by atoms with E-state index in [9.17, 15) is 18.0 Å². The molecule has 1 aromatic rings. The van der Waals surface area contributed by atoms with Crippen LogP contribution in [0.5, 0.6) is 0 Å². The summed E-state index contributed by atoms with van der Waals surface area (Å²) < 4.78 is 36.8. The predicted molar refractivity (Wildman–Crippen MR) is 66.1 cm³/mol. The Labute approximate surface area is 112 Å². The Morgan fingerprint density at radius 1 is 1.63 bits per heavy atom. The standard InChI is InChI=1S/C11H11ClF3N3O/c1-3-4-7(2)17-8-5-16-18(6-11(13,14)15)10(19)9(8)12/h1,5,7,17H,4,6H2,2H3. The third-order valence-corrected chi connectivity index (χ3v) is 2.51. The van der Waals surface area contributed by atoms with Crippen LogP contribution in [0.15, 0.2) is 11.0 Å². The molecule has 1 rings (SSSR count). The number of aromatic nitrogens is 2. The maximum Gasteiger partial charge on any atom is 0.408 e. The molecule has 0 aliphatic heterocycles. The van der Waals surface area contributed by atoms with Crippen LogP contribution in [-0.2, 0) is 6.54 Å². The molecule has 19 heavy (non-hydrogen) atoms. The molecule has 1 unspecified atom stereocenters. The summed E-state index contributed by atoms with van der Waals surface area (Å²) in [6.45, 7) is 0.267. The maximum absolute atomic E-state index is 12.2. The molecule has 104 valence electrons. The van der Waals surface area contributed by atoms with Gasteiger partial charge in [-0.15, -0.1) is 12.3 Å². The number of alkyl halides is 3. The molecule has 0 saturated carbocycles. The molecule has 1 N–H and O–H groups in total. The lowest BCUT2D eigenvalue weighted by atomic mass is 10.2. The van der Waals surface area contributed by atoms with E-state index in [1.165, 1.54) is 0 Å². The second-order valence-corrected chi connectivity index (χ2v) is 4.28. The zero-order valence-corrected chi connectivity index (χ0v) is 10.7. The predicted octanol–water partition coefficient (Wildman–Crippen LogP) is 2.28. The smallest absolute Gasteiger partial charge is 0.379 e. The number of hydrogen-bond donors (Lipinski definition) is 1. The molecule has 0 amide bonds. The topological polar surface area (TPSA) is 46.9 Å². The molecule has 0 aliphatic carbocycles. The SMILES string of the molecule is C#CCC(C)Nc1cnn(CC(F)(F)F)c(=O)c1Cl. The van der Waals surface area contributed by atoms with Crippen molar-refractivity contribution in [3.63, 3.8) is 0 Å². The van der Waals surface area contributed by atoms with E-state index < -0.39 is 18.3 Å². The van der Waals surface area contributed by atoms with Crippen molar-refractivity contribution in [2.45, 2.75) is 32.1 Å². The Morgan fingerprint density at radius 3 is 2.79 bits per heavy atom. The van der Waals surface area contributed by atoms with Gasteiger partial charge in [0.25, 0.3) is 5.56 Å². The number of hydrogen-bond acceptors (Lipinski definition) is 3. The van der Waals surface area contributed by atoms with Gasteiger partial charge in [0, 0.05) is 12.5 Å². The summed E-state index contributed by atoms with van der Waals surface area (Å²) in [5.74, 6) is 2.41. The fraction of sp³-hybridized carbons (Fsp3) is 0.455. The third kappa shape index (κ3) is 4.48. The molecule has 0 fully saturated rings. The molecule has 8 heteroatoms. The lowest BCUT2D eigenvalue weighted by Gasteiger charge is -2.14. The van der Waals surface area contributed by atoms with Crippen molar-refractivity contribution in [1.82, 2.24) is 9.78 Å². The average Bonchev–Trinajstić information content (AvgIpc) is 2.28. The number of nitrogens with one attached hydrogen (secondary N) is 1. The van der Waals surface area contributed by atoms with Gasteiger partial charge in [0.15, 0.2) is 0 Å². The zero-order valence-electron chi connectivity index (χ0n) is 9.96. The average molecular weight is 294 g/mol. The van der Waals surface area contributed by atoms with Crippen molar-refractivity contribution in [1.29, 1.82) is 0 Å². The van der Waals surface area contributed by atoms with Gasteiger partial charge in [-0.1, -0.05) is 11.6 Å². The van der Waals surface area contributed by atoms with Crippen LogP contribution in [0.4, 0.5) is 18.9 Å². The molecule has 1 heterocycles. The Bertz CT molecular complexity index is 548. The highest BCUT2D eigenvalue weighted by Crippen LogP contribution is 2.19. The number of nitrogens with zero attached hydrogens (tertiary/aromatic N) is 2. The molecule has 0 saturated heterocycles. The summed E-state index contributed by atoms with van der Waals surface area (Å²) in [4.78, 5) is 11.6. The maximum atomic E-state index is 12.2. The first-order valence-electron chi connectivity index (χ1n) is 5.27. The van der Waals surface area contributed by atoms with Crippen LogP contribution in [0.25, 0.3) is 0 Å². The van der Waals surface area contributed by atoms with Crippen LogP contribution >= 0.6 is 11.6 Å². The molecular weight excluding hydrogens is 283 g/mol. The first-order valence-corrected chi connectivity index (χ1v) is 5.64. The lowest BCUT2D eigenvalue weighted by Crippen LogP contribution is -2.31. The number of terminal acetylenes is 1. The van der Waals surface area contributed by atoms with Gasteiger partial charge in [-0.2, -0.15) is 18.3 Å². The largest absolute Gasteiger partial charge is 0.408 e. The van der Waals surface area contributed by atoms with Crippen molar-refractivity contribution in [3.8, 4) is 12.3 Å². The summed E-state index contributed by atoms with van der Waals surface area (Å²) in [6.07, 6.45) is 2.03. The van der Waals surface area contributed by atoms with E-state index in [0.29, 0.717) is 6.42 Å². The molecule has 0 bridgehead atoms. The van der Waals surface area contributed by atoms with Gasteiger partial charge in [-0.05, 0) is 6.92 Å². The van der Waals surface area contributed by atoms with Crippen molar-refractivity contribution in [2.24, 2.45) is 0 Å². The van der Waals surface area contributed by atoms with Gasteiger partial charge in [0.2, 0.25) is 0 Å². The van der Waals surface area contributed by atoms with E-state index in [-0.39, 0.29) is 21.4 Å². The van der Waals surface area contributed by atoms with E-state index >= 15 is 0 Å². The second kappa shape index (κ2) is 5.97. The molecule has 1 aromatic heterocycles. The van der Waals surface area contributed by atoms with Gasteiger partial charge < -0.3 is 5.32 Å². The molecule has 0 spiro atoms. The van der Waals surface area contributed by atoms with Crippen molar-refractivity contribution in [3.05, 3.63) is 21.6 Å². The van der Waals surface area contributed by atoms with Crippen LogP contribution in [0, 0.1) is 12.3 Å². The van der Waals surface area contributed by atoms with Gasteiger partial charge in [0.1, 0.15) is 11.6 Å². The van der Waals surface area contributed by atoms with Crippen LogP contribution in [0.1, 0.15) is 13.3 Å². The van der Waals surface area contributed by atoms with Gasteiger partial charge >= 0.3 is 6.18 Å². The van der Waals surface area contributed by atoms with Crippen LogP contribution in [0.2, 0.25) is 5.02 Å². The molecule has 0 aromatic carbocycles. The lowest BCUT2D eigenvalue weighted by molar-refractivity contribution is -0.143.